The van der Waals surface area contributed by atoms with Crippen LogP contribution < -0.4 is 5.32 Å². The molecule has 5 heteroatoms. The summed E-state index contributed by atoms with van der Waals surface area (Å²) in [6, 6.07) is 8.24. The van der Waals surface area contributed by atoms with Gasteiger partial charge in [-0.3, -0.25) is 0 Å². The smallest absolute Gasteiger partial charge is 0.231 e. The lowest BCUT2D eigenvalue weighted by atomic mass is 10.0. The number of nitrogens with one attached hydrogen (secondary N) is 1. The Morgan fingerprint density at radius 3 is 2.84 bits per heavy atom. The van der Waals surface area contributed by atoms with Crippen LogP contribution in [0.5, 0.6) is 0 Å². The Kier molecular flexibility index (Phi) is 2.91. The van der Waals surface area contributed by atoms with E-state index in [4.69, 9.17) is 0 Å². The molecule has 1 aliphatic rings. The van der Waals surface area contributed by atoms with Gasteiger partial charge in [-0.15, -0.1) is 5.10 Å². The van der Waals surface area contributed by atoms with Crippen molar-refractivity contribution in [3.05, 3.63) is 53.7 Å². The number of thioether (sulfide) groups is 1. The second-order valence-corrected chi connectivity index (χ2v) is 5.10. The van der Waals surface area contributed by atoms with Crippen LogP contribution in [0.15, 0.2) is 47.8 Å². The topological polar surface area (TPSA) is 42.7 Å². The summed E-state index contributed by atoms with van der Waals surface area (Å²) in [6.45, 7) is 6.07. The molecule has 0 fully saturated rings. The largest absolute Gasteiger partial charge is 0.325 e. The van der Waals surface area contributed by atoms with Crippen molar-refractivity contribution in [3.63, 3.8) is 0 Å². The van der Waals surface area contributed by atoms with Crippen LogP contribution in [0.25, 0.3) is 5.70 Å². The van der Waals surface area contributed by atoms with Crippen molar-refractivity contribution in [3.8, 4) is 0 Å². The predicted molar refractivity (Wildman–Crippen MR) is 79.1 cm³/mol. The Morgan fingerprint density at radius 1 is 1.32 bits per heavy atom. The Balaban J connectivity index is 2.18. The zero-order valence-corrected chi connectivity index (χ0v) is 11.7. The first-order chi connectivity index (χ1) is 9.19. The molecule has 3 rings (SSSR count). The lowest BCUT2D eigenvalue weighted by molar-refractivity contribution is 0.850. The van der Waals surface area contributed by atoms with Crippen LogP contribution >= 0.6 is 11.8 Å². The number of fused-ring (bicyclic) bond motifs is 1. The van der Waals surface area contributed by atoms with E-state index in [0.717, 1.165) is 28.1 Å². The minimum Gasteiger partial charge on any atom is -0.325 e. The van der Waals surface area contributed by atoms with Crippen LogP contribution in [0.3, 0.4) is 0 Å². The van der Waals surface area contributed by atoms with Crippen LogP contribution in [0.1, 0.15) is 11.1 Å². The molecular weight excluding hydrogens is 256 g/mol. The van der Waals surface area contributed by atoms with Gasteiger partial charge in [-0.25, -0.2) is 0 Å². The molecule has 0 bridgehead atoms. The number of benzene rings is 1. The average molecular weight is 270 g/mol. The summed E-state index contributed by atoms with van der Waals surface area (Å²) in [5.74, 6) is 0.718. The molecule has 0 atom stereocenters. The minimum atomic E-state index is 0.718. The summed E-state index contributed by atoms with van der Waals surface area (Å²) >= 11 is 1.53. The molecule has 0 spiro atoms. The van der Waals surface area contributed by atoms with Gasteiger partial charge < -0.3 is 5.32 Å². The summed E-state index contributed by atoms with van der Waals surface area (Å²) in [5.41, 5.74) is 4.18. The molecule has 1 aromatic heterocycles. The predicted octanol–water partition coefficient (Wildman–Crippen LogP) is 3.14. The third-order valence-electron chi connectivity index (χ3n) is 3.00. The van der Waals surface area contributed by atoms with Gasteiger partial charge in [0, 0.05) is 11.3 Å². The maximum Gasteiger partial charge on any atom is 0.231 e. The molecule has 0 saturated heterocycles. The highest BCUT2D eigenvalue weighted by Crippen LogP contribution is 2.29. The molecule has 0 unspecified atom stereocenters. The average Bonchev–Trinajstić information content (AvgIpc) is 2.81. The van der Waals surface area contributed by atoms with Crippen molar-refractivity contribution >= 4 is 23.4 Å². The van der Waals surface area contributed by atoms with Gasteiger partial charge in [0.25, 0.3) is 0 Å². The Hall–Kier alpha value is -2.01. The van der Waals surface area contributed by atoms with Crippen molar-refractivity contribution in [2.45, 2.75) is 12.1 Å². The zero-order chi connectivity index (χ0) is 13.4. The van der Waals surface area contributed by atoms with E-state index in [0.29, 0.717) is 0 Å². The van der Waals surface area contributed by atoms with E-state index in [9.17, 15) is 0 Å². The fraction of sp³-hybridized carbons (Fsp3) is 0.143. The summed E-state index contributed by atoms with van der Waals surface area (Å²) in [6.07, 6.45) is 3.96. The molecule has 96 valence electrons. The van der Waals surface area contributed by atoms with E-state index in [2.05, 4.69) is 41.0 Å². The number of anilines is 1. The molecule has 0 saturated carbocycles. The maximum absolute atomic E-state index is 4.50. The van der Waals surface area contributed by atoms with Crippen molar-refractivity contribution in [2.24, 2.45) is 0 Å². The summed E-state index contributed by atoms with van der Waals surface area (Å²) in [7, 11) is 0. The van der Waals surface area contributed by atoms with Crippen LogP contribution in [-0.4, -0.2) is 21.0 Å². The molecule has 0 aliphatic carbocycles. The third-order valence-corrected chi connectivity index (χ3v) is 3.54. The van der Waals surface area contributed by atoms with Crippen LogP contribution in [-0.2, 0) is 0 Å². The zero-order valence-electron chi connectivity index (χ0n) is 10.8. The number of aromatic nitrogens is 3. The monoisotopic (exact) mass is 270 g/mol. The molecule has 0 radical (unpaired) electrons. The standard InChI is InChI=1S/C14H14N4S/c1-9-6-4-5-7-11(9)12-8-10(2)15-13-16-14(19-3)17-18(12)13/h4-8H,2H2,1,3H3,(H,15,16,17). The molecular formula is C14H14N4S. The van der Waals surface area contributed by atoms with Crippen molar-refractivity contribution in [1.29, 1.82) is 0 Å². The van der Waals surface area contributed by atoms with Gasteiger partial charge in [0.15, 0.2) is 0 Å². The van der Waals surface area contributed by atoms with Crippen LogP contribution in [0, 0.1) is 6.92 Å². The number of hydrogen-bond acceptors (Lipinski definition) is 4. The number of allylic oxidation sites excluding steroid dienone is 1. The van der Waals surface area contributed by atoms with Crippen molar-refractivity contribution in [1.82, 2.24) is 14.8 Å². The highest BCUT2D eigenvalue weighted by molar-refractivity contribution is 7.98. The van der Waals surface area contributed by atoms with E-state index in [1.807, 2.05) is 29.1 Å². The van der Waals surface area contributed by atoms with Gasteiger partial charge >= 0.3 is 0 Å². The molecule has 4 nitrogen and oxygen atoms in total. The number of nitrogens with zero attached hydrogens (tertiary/aromatic N) is 3. The quantitative estimate of drug-likeness (QED) is 0.851. The van der Waals surface area contributed by atoms with Gasteiger partial charge in [0.1, 0.15) is 0 Å². The Morgan fingerprint density at radius 2 is 2.11 bits per heavy atom. The molecule has 1 N–H and O–H groups in total. The van der Waals surface area contributed by atoms with Crippen LogP contribution in [0.4, 0.5) is 5.95 Å². The SMILES string of the molecule is C=C1C=C(c2ccccc2C)n2nc(SC)nc2N1. The first kappa shape index (κ1) is 12.0. The highest BCUT2D eigenvalue weighted by Gasteiger charge is 2.20. The van der Waals surface area contributed by atoms with E-state index >= 15 is 0 Å². The summed E-state index contributed by atoms with van der Waals surface area (Å²) in [5, 5.41) is 8.39. The molecule has 2 aromatic rings. The van der Waals surface area contributed by atoms with E-state index < -0.39 is 0 Å². The van der Waals surface area contributed by atoms with Gasteiger partial charge in [0.05, 0.1) is 5.70 Å². The Labute approximate surface area is 116 Å². The number of hydrogen-bond donors (Lipinski definition) is 1. The van der Waals surface area contributed by atoms with Crippen molar-refractivity contribution in [2.75, 3.05) is 11.6 Å². The number of aryl methyl sites for hydroxylation is 1. The Bertz CT molecular complexity index is 685. The van der Waals surface area contributed by atoms with E-state index in [1.165, 1.54) is 17.3 Å². The molecule has 1 aromatic carbocycles. The lowest BCUT2D eigenvalue weighted by Gasteiger charge is -2.18. The lowest BCUT2D eigenvalue weighted by Crippen LogP contribution is -2.14. The molecule has 1 aliphatic heterocycles. The first-order valence-electron chi connectivity index (χ1n) is 5.94. The third kappa shape index (κ3) is 2.06. The van der Waals surface area contributed by atoms with Gasteiger partial charge in [-0.1, -0.05) is 42.6 Å². The van der Waals surface area contributed by atoms with Gasteiger partial charge in [0.2, 0.25) is 11.1 Å². The maximum atomic E-state index is 4.50. The minimum absolute atomic E-state index is 0.718. The van der Waals surface area contributed by atoms with E-state index in [-0.39, 0.29) is 0 Å². The summed E-state index contributed by atoms with van der Waals surface area (Å²) < 4.78 is 1.84. The fourth-order valence-corrected chi connectivity index (χ4v) is 2.43. The highest BCUT2D eigenvalue weighted by atomic mass is 32.2. The molecule has 19 heavy (non-hydrogen) atoms. The molecule has 0 amide bonds. The van der Waals surface area contributed by atoms with Crippen molar-refractivity contribution < 1.29 is 0 Å². The normalized spacial score (nSPS) is 13.8. The fourth-order valence-electron chi connectivity index (χ4n) is 2.09. The first-order valence-corrected chi connectivity index (χ1v) is 7.16. The van der Waals surface area contributed by atoms with E-state index in [1.54, 1.807) is 0 Å². The van der Waals surface area contributed by atoms with Crippen LogP contribution in [0.2, 0.25) is 0 Å². The second-order valence-electron chi connectivity index (χ2n) is 4.33. The van der Waals surface area contributed by atoms with Gasteiger partial charge in [-0.2, -0.15) is 9.67 Å². The second kappa shape index (κ2) is 4.59. The van der Waals surface area contributed by atoms with Gasteiger partial charge in [-0.05, 0) is 24.8 Å². The number of rotatable bonds is 2. The molecule has 2 heterocycles. The summed E-state index contributed by atoms with van der Waals surface area (Å²) in [4.78, 5) is 4.43.